The predicted molar refractivity (Wildman–Crippen MR) is 110 cm³/mol. The van der Waals surface area contributed by atoms with Gasteiger partial charge in [0, 0.05) is 30.4 Å². The molecule has 2 fully saturated rings. The van der Waals surface area contributed by atoms with Crippen LogP contribution in [0.5, 0.6) is 0 Å². The Balaban J connectivity index is 1.30. The lowest BCUT2D eigenvalue weighted by Gasteiger charge is -2.47. The standard InChI is InChI=1S/C23H24N4O3/c28-21(20-14-25-22-24-10-5-11-26(20)22)17-12-18-8-4-9-19(13-17)27(18)23(29)30-15-16-6-2-1-3-7-16/h1-3,5-7,10-11,14,17-19H,4,8-9,12-13,15H2. The number of nitrogens with zero attached hydrogens (tertiary/aromatic N) is 4. The molecule has 7 nitrogen and oxygen atoms in total. The van der Waals surface area contributed by atoms with Gasteiger partial charge in [-0.25, -0.2) is 14.8 Å². The van der Waals surface area contributed by atoms with Crippen molar-refractivity contribution in [2.24, 2.45) is 5.92 Å². The van der Waals surface area contributed by atoms with E-state index in [4.69, 9.17) is 4.74 Å². The SMILES string of the molecule is O=C(c1cnc2ncccn12)C1CC2CCCC(C1)N2C(=O)OCc1ccccc1. The van der Waals surface area contributed by atoms with Gasteiger partial charge in [0.15, 0.2) is 5.78 Å². The molecule has 2 aliphatic heterocycles. The maximum Gasteiger partial charge on any atom is 0.410 e. The third-order valence-corrected chi connectivity index (χ3v) is 6.30. The minimum absolute atomic E-state index is 0.0482. The smallest absolute Gasteiger partial charge is 0.410 e. The number of fused-ring (bicyclic) bond motifs is 3. The third kappa shape index (κ3) is 3.44. The van der Waals surface area contributed by atoms with Crippen molar-refractivity contribution in [3.8, 4) is 0 Å². The summed E-state index contributed by atoms with van der Waals surface area (Å²) < 4.78 is 7.36. The zero-order chi connectivity index (χ0) is 20.5. The van der Waals surface area contributed by atoms with Gasteiger partial charge in [0.1, 0.15) is 12.3 Å². The lowest BCUT2D eigenvalue weighted by molar-refractivity contribution is 0.00461. The number of aromatic nitrogens is 3. The van der Waals surface area contributed by atoms with Crippen molar-refractivity contribution in [3.63, 3.8) is 0 Å². The van der Waals surface area contributed by atoms with E-state index in [2.05, 4.69) is 9.97 Å². The maximum absolute atomic E-state index is 13.3. The van der Waals surface area contributed by atoms with Crippen molar-refractivity contribution < 1.29 is 14.3 Å². The van der Waals surface area contributed by atoms with Crippen molar-refractivity contribution >= 4 is 17.7 Å². The second kappa shape index (κ2) is 7.89. The summed E-state index contributed by atoms with van der Waals surface area (Å²) in [6.45, 7) is 0.271. The molecule has 1 aromatic carbocycles. The molecule has 0 saturated carbocycles. The van der Waals surface area contributed by atoms with Gasteiger partial charge in [0.25, 0.3) is 0 Å². The van der Waals surface area contributed by atoms with Crippen molar-refractivity contribution in [1.29, 1.82) is 0 Å². The molecular formula is C23H24N4O3. The van der Waals surface area contributed by atoms with Crippen molar-refractivity contribution in [2.75, 3.05) is 0 Å². The van der Waals surface area contributed by atoms with E-state index in [-0.39, 0.29) is 36.5 Å². The summed E-state index contributed by atoms with van der Waals surface area (Å²) in [6, 6.07) is 11.6. The Bertz CT molecular complexity index is 1050. The summed E-state index contributed by atoms with van der Waals surface area (Å²) in [5.41, 5.74) is 1.54. The Morgan fingerprint density at radius 3 is 2.57 bits per heavy atom. The van der Waals surface area contributed by atoms with Crippen LogP contribution in [0.25, 0.3) is 5.78 Å². The van der Waals surface area contributed by atoms with Crippen molar-refractivity contribution in [1.82, 2.24) is 19.3 Å². The molecule has 1 amide bonds. The van der Waals surface area contributed by atoms with Crippen LogP contribution in [0.3, 0.4) is 0 Å². The molecule has 2 aromatic heterocycles. The molecule has 0 aliphatic carbocycles. The maximum atomic E-state index is 13.3. The van der Waals surface area contributed by atoms with Crippen LogP contribution in [-0.4, -0.2) is 43.2 Å². The highest BCUT2D eigenvalue weighted by molar-refractivity contribution is 5.97. The highest BCUT2D eigenvalue weighted by atomic mass is 16.6. The molecule has 7 heteroatoms. The minimum atomic E-state index is -0.265. The quantitative estimate of drug-likeness (QED) is 0.617. The number of carbonyl (C=O) groups excluding carboxylic acids is 2. The summed E-state index contributed by atoms with van der Waals surface area (Å²) in [4.78, 5) is 36.5. The van der Waals surface area contributed by atoms with E-state index < -0.39 is 0 Å². The number of hydrogen-bond acceptors (Lipinski definition) is 5. The molecule has 4 heterocycles. The summed E-state index contributed by atoms with van der Waals surface area (Å²) in [5, 5.41) is 0. The first-order valence-corrected chi connectivity index (χ1v) is 10.5. The van der Waals surface area contributed by atoms with Gasteiger partial charge < -0.3 is 9.64 Å². The normalized spacial score (nSPS) is 23.3. The highest BCUT2D eigenvalue weighted by Gasteiger charge is 2.44. The van der Waals surface area contributed by atoms with Crippen LogP contribution in [0, 0.1) is 5.92 Å². The zero-order valence-corrected chi connectivity index (χ0v) is 16.7. The number of Topliss-reactive ketones (excluding diaryl/α,β-unsaturated/α-hetero) is 1. The van der Waals surface area contributed by atoms with Gasteiger partial charge in [-0.05, 0) is 43.7 Å². The first kappa shape index (κ1) is 18.8. The number of piperidine rings is 2. The molecule has 3 aromatic rings. The Hall–Kier alpha value is -3.22. The second-order valence-electron chi connectivity index (χ2n) is 8.15. The Morgan fingerprint density at radius 2 is 1.80 bits per heavy atom. The molecule has 2 bridgehead atoms. The summed E-state index contributed by atoms with van der Waals surface area (Å²) in [6.07, 6.45) is 9.08. The molecule has 2 atom stereocenters. The van der Waals surface area contributed by atoms with E-state index in [9.17, 15) is 9.59 Å². The first-order valence-electron chi connectivity index (χ1n) is 10.5. The van der Waals surface area contributed by atoms with Gasteiger partial charge in [-0.3, -0.25) is 9.20 Å². The largest absolute Gasteiger partial charge is 0.445 e. The van der Waals surface area contributed by atoms with Crippen molar-refractivity contribution in [2.45, 2.75) is 50.8 Å². The third-order valence-electron chi connectivity index (χ3n) is 6.30. The van der Waals surface area contributed by atoms with Crippen LogP contribution in [0.1, 0.15) is 48.2 Å². The molecule has 0 spiro atoms. The lowest BCUT2D eigenvalue weighted by Crippen LogP contribution is -2.55. The molecule has 30 heavy (non-hydrogen) atoms. The van der Waals surface area contributed by atoms with Gasteiger partial charge >= 0.3 is 6.09 Å². The molecule has 5 rings (SSSR count). The number of amides is 1. The van der Waals surface area contributed by atoms with Crippen LogP contribution in [0.15, 0.2) is 55.0 Å². The number of ketones is 1. The number of hydrogen-bond donors (Lipinski definition) is 0. The van der Waals surface area contributed by atoms with Crippen LogP contribution in [0.4, 0.5) is 4.79 Å². The molecule has 0 radical (unpaired) electrons. The van der Waals surface area contributed by atoms with E-state index in [1.54, 1.807) is 22.9 Å². The molecule has 154 valence electrons. The average molecular weight is 404 g/mol. The number of carbonyl (C=O) groups is 2. The molecule has 2 saturated heterocycles. The lowest BCUT2D eigenvalue weighted by atomic mass is 9.76. The summed E-state index contributed by atoms with van der Waals surface area (Å²) in [7, 11) is 0. The van der Waals surface area contributed by atoms with E-state index >= 15 is 0 Å². The fraction of sp³-hybridized carbons (Fsp3) is 0.391. The van der Waals surface area contributed by atoms with Crippen LogP contribution in [0.2, 0.25) is 0 Å². The fourth-order valence-electron chi connectivity index (χ4n) is 4.91. The van der Waals surface area contributed by atoms with Gasteiger partial charge in [-0.15, -0.1) is 0 Å². The molecule has 0 N–H and O–H groups in total. The van der Waals surface area contributed by atoms with Crippen molar-refractivity contribution in [3.05, 3.63) is 66.2 Å². The van der Waals surface area contributed by atoms with Gasteiger partial charge in [0.05, 0.1) is 6.20 Å². The molecule has 2 aliphatic rings. The minimum Gasteiger partial charge on any atom is -0.445 e. The summed E-state index contributed by atoms with van der Waals surface area (Å²) in [5.74, 6) is 0.506. The topological polar surface area (TPSA) is 76.8 Å². The van der Waals surface area contributed by atoms with E-state index in [0.29, 0.717) is 24.3 Å². The van der Waals surface area contributed by atoms with Crippen LogP contribution in [-0.2, 0) is 11.3 Å². The predicted octanol–water partition coefficient (Wildman–Crippen LogP) is 3.88. The monoisotopic (exact) mass is 404 g/mol. The Labute approximate surface area is 174 Å². The van der Waals surface area contributed by atoms with E-state index in [0.717, 1.165) is 24.8 Å². The average Bonchev–Trinajstić information content (AvgIpc) is 3.21. The highest BCUT2D eigenvalue weighted by Crippen LogP contribution is 2.38. The van der Waals surface area contributed by atoms with E-state index in [1.807, 2.05) is 41.4 Å². The number of benzene rings is 1. The van der Waals surface area contributed by atoms with Gasteiger partial charge in [-0.1, -0.05) is 30.3 Å². The number of rotatable bonds is 4. The Kier molecular flexibility index (Phi) is 4.94. The number of ether oxygens (including phenoxy) is 1. The van der Waals surface area contributed by atoms with Crippen LogP contribution < -0.4 is 0 Å². The second-order valence-corrected chi connectivity index (χ2v) is 8.15. The van der Waals surface area contributed by atoms with Gasteiger partial charge in [-0.2, -0.15) is 0 Å². The number of imidazole rings is 1. The zero-order valence-electron chi connectivity index (χ0n) is 16.7. The fourth-order valence-corrected chi connectivity index (χ4v) is 4.91. The first-order chi connectivity index (χ1) is 14.7. The van der Waals surface area contributed by atoms with Gasteiger partial charge in [0.2, 0.25) is 5.78 Å². The molecular weight excluding hydrogens is 380 g/mol. The molecule has 2 unspecified atom stereocenters. The Morgan fingerprint density at radius 1 is 1.03 bits per heavy atom. The van der Waals surface area contributed by atoms with Crippen LogP contribution >= 0.6 is 0 Å². The summed E-state index contributed by atoms with van der Waals surface area (Å²) >= 11 is 0. The van der Waals surface area contributed by atoms with E-state index in [1.165, 1.54) is 0 Å².